The van der Waals surface area contributed by atoms with Gasteiger partial charge in [-0.3, -0.25) is 0 Å². The minimum absolute atomic E-state index is 0.0851. The molecule has 6 nitrogen and oxygen atoms in total. The van der Waals surface area contributed by atoms with Gasteiger partial charge in [-0.2, -0.15) is 0 Å². The summed E-state index contributed by atoms with van der Waals surface area (Å²) in [7, 11) is 0. The Morgan fingerprint density at radius 1 is 1.28 bits per heavy atom. The topological polar surface area (TPSA) is 76.1 Å². The van der Waals surface area contributed by atoms with Gasteiger partial charge in [-0.15, -0.1) is 0 Å². The number of ether oxygens (including phenoxy) is 2. The summed E-state index contributed by atoms with van der Waals surface area (Å²) in [5, 5.41) is 8.86. The molecule has 1 saturated carbocycles. The van der Waals surface area contributed by atoms with E-state index in [0.29, 0.717) is 17.9 Å². The molecule has 1 heterocycles. The average molecular weight is 407 g/mol. The molecule has 3 rings (SSSR count). The average Bonchev–Trinajstić information content (AvgIpc) is 2.64. The molecule has 29 heavy (non-hydrogen) atoms. The van der Waals surface area contributed by atoms with E-state index in [1.807, 2.05) is 18.7 Å². The zero-order valence-corrected chi connectivity index (χ0v) is 17.2. The van der Waals surface area contributed by atoms with Crippen molar-refractivity contribution in [3.8, 4) is 5.75 Å². The number of benzene rings is 1. The summed E-state index contributed by atoms with van der Waals surface area (Å²) in [5.41, 5.74) is 0.289. The van der Waals surface area contributed by atoms with Crippen molar-refractivity contribution in [1.29, 1.82) is 0 Å². The number of nitrogens with zero attached hydrogens (tertiary/aromatic N) is 1. The summed E-state index contributed by atoms with van der Waals surface area (Å²) in [4.78, 5) is 24.6. The minimum Gasteiger partial charge on any atom is -0.491 e. The number of carboxylic acid groups (broad SMARTS) is 1. The molecule has 0 bridgehead atoms. The Morgan fingerprint density at radius 3 is 2.55 bits per heavy atom. The van der Waals surface area contributed by atoms with Gasteiger partial charge in [-0.05, 0) is 81.9 Å². The van der Waals surface area contributed by atoms with Gasteiger partial charge in [-0.25, -0.2) is 14.0 Å². The Kier molecular flexibility index (Phi) is 6.65. The Morgan fingerprint density at radius 2 is 1.97 bits per heavy atom. The molecule has 1 spiro atoms. The van der Waals surface area contributed by atoms with Crippen molar-refractivity contribution in [2.75, 3.05) is 19.7 Å². The Labute approximate surface area is 171 Å². The van der Waals surface area contributed by atoms with Gasteiger partial charge < -0.3 is 19.5 Å². The van der Waals surface area contributed by atoms with E-state index in [2.05, 4.69) is 0 Å². The largest absolute Gasteiger partial charge is 0.491 e. The Bertz CT molecular complexity index is 735. The monoisotopic (exact) mass is 407 g/mol. The molecule has 2 aliphatic rings. The predicted octanol–water partition coefficient (Wildman–Crippen LogP) is 4.72. The number of carbonyl (C=O) groups excluding carboxylic acids is 1. The number of rotatable bonds is 7. The standard InChI is InChI=1S/C22H30FNO5/c1-15(2)29-21(27)24-9-7-22(8-10-24)13-16(14-22)4-3-11-28-19-6-5-17(20(25)26)12-18(19)23/h5-6,12,15-16H,3-4,7-11,13-14H2,1-2H3,(H,25,26). The van der Waals surface area contributed by atoms with Crippen molar-refractivity contribution < 1.29 is 28.6 Å². The summed E-state index contributed by atoms with van der Waals surface area (Å²) >= 11 is 0. The molecule has 1 amide bonds. The highest BCUT2D eigenvalue weighted by Crippen LogP contribution is 2.54. The van der Waals surface area contributed by atoms with Gasteiger partial charge in [0.05, 0.1) is 18.3 Å². The van der Waals surface area contributed by atoms with Crippen LogP contribution in [-0.2, 0) is 4.74 Å². The van der Waals surface area contributed by atoms with E-state index in [4.69, 9.17) is 14.6 Å². The van der Waals surface area contributed by atoms with Crippen molar-refractivity contribution in [3.63, 3.8) is 0 Å². The third kappa shape index (κ3) is 5.40. The molecule has 160 valence electrons. The first-order valence-electron chi connectivity index (χ1n) is 10.4. The van der Waals surface area contributed by atoms with E-state index < -0.39 is 11.8 Å². The van der Waals surface area contributed by atoms with Crippen LogP contribution in [0.3, 0.4) is 0 Å². The van der Waals surface area contributed by atoms with Crippen LogP contribution in [0.15, 0.2) is 18.2 Å². The van der Waals surface area contributed by atoms with E-state index in [1.54, 1.807) is 0 Å². The number of hydrogen-bond acceptors (Lipinski definition) is 4. The fourth-order valence-corrected chi connectivity index (χ4v) is 4.52. The normalized spacial score (nSPS) is 18.6. The fraction of sp³-hybridized carbons (Fsp3) is 0.636. The number of amides is 1. The molecule has 0 atom stereocenters. The van der Waals surface area contributed by atoms with E-state index in [0.717, 1.165) is 44.8 Å². The van der Waals surface area contributed by atoms with E-state index in [9.17, 15) is 14.0 Å². The fourth-order valence-electron chi connectivity index (χ4n) is 4.52. The van der Waals surface area contributed by atoms with Gasteiger partial charge >= 0.3 is 12.1 Å². The van der Waals surface area contributed by atoms with Crippen LogP contribution in [0.2, 0.25) is 0 Å². The number of hydrogen-bond donors (Lipinski definition) is 1. The van der Waals surface area contributed by atoms with Crippen LogP contribution in [-0.4, -0.2) is 47.9 Å². The second-order valence-electron chi connectivity index (χ2n) is 8.63. The molecule has 1 saturated heterocycles. The number of aromatic carboxylic acids is 1. The van der Waals surface area contributed by atoms with Gasteiger partial charge in [0.2, 0.25) is 0 Å². The molecule has 1 aromatic carbocycles. The lowest BCUT2D eigenvalue weighted by Crippen LogP contribution is -2.49. The van der Waals surface area contributed by atoms with E-state index in [-0.39, 0.29) is 23.5 Å². The lowest BCUT2D eigenvalue weighted by atomic mass is 9.56. The molecule has 1 aliphatic heterocycles. The number of piperidine rings is 1. The van der Waals surface area contributed by atoms with Crippen molar-refractivity contribution in [1.82, 2.24) is 4.90 Å². The van der Waals surface area contributed by atoms with Gasteiger partial charge in [-0.1, -0.05) is 0 Å². The maximum atomic E-state index is 13.8. The first kappa shape index (κ1) is 21.4. The maximum absolute atomic E-state index is 13.8. The summed E-state index contributed by atoms with van der Waals surface area (Å²) in [6.07, 6.45) is 6.03. The summed E-state index contributed by atoms with van der Waals surface area (Å²) in [6, 6.07) is 3.70. The predicted molar refractivity (Wildman–Crippen MR) is 106 cm³/mol. The van der Waals surface area contributed by atoms with Crippen LogP contribution in [0.4, 0.5) is 9.18 Å². The quantitative estimate of drug-likeness (QED) is 0.662. The third-order valence-electron chi connectivity index (χ3n) is 6.06. The van der Waals surface area contributed by atoms with Crippen LogP contribution in [0.25, 0.3) is 0 Å². The molecule has 1 N–H and O–H groups in total. The molecular weight excluding hydrogens is 377 g/mol. The van der Waals surface area contributed by atoms with Gasteiger partial charge in [0.15, 0.2) is 11.6 Å². The first-order valence-corrected chi connectivity index (χ1v) is 10.4. The highest BCUT2D eigenvalue weighted by atomic mass is 19.1. The van der Waals surface area contributed by atoms with Crippen LogP contribution in [0, 0.1) is 17.2 Å². The number of carboxylic acids is 1. The zero-order chi connectivity index (χ0) is 21.0. The van der Waals surface area contributed by atoms with Crippen molar-refractivity contribution in [2.24, 2.45) is 11.3 Å². The van der Waals surface area contributed by atoms with Gasteiger partial charge in [0.1, 0.15) is 0 Å². The van der Waals surface area contributed by atoms with Gasteiger partial charge in [0.25, 0.3) is 0 Å². The number of likely N-dealkylation sites (tertiary alicyclic amines) is 1. The summed E-state index contributed by atoms with van der Waals surface area (Å²) in [5.74, 6) is -1.04. The second-order valence-corrected chi connectivity index (χ2v) is 8.63. The highest BCUT2D eigenvalue weighted by Gasteiger charge is 2.46. The zero-order valence-electron chi connectivity index (χ0n) is 17.2. The maximum Gasteiger partial charge on any atom is 0.410 e. The van der Waals surface area contributed by atoms with Crippen LogP contribution < -0.4 is 4.74 Å². The lowest BCUT2D eigenvalue weighted by Gasteiger charge is -2.52. The summed E-state index contributed by atoms with van der Waals surface area (Å²) < 4.78 is 24.6. The number of halogens is 1. The Balaban J connectivity index is 1.33. The smallest absolute Gasteiger partial charge is 0.410 e. The second kappa shape index (κ2) is 9.01. The Hall–Kier alpha value is -2.31. The molecule has 1 aromatic rings. The van der Waals surface area contributed by atoms with Crippen molar-refractivity contribution in [3.05, 3.63) is 29.6 Å². The number of carbonyl (C=O) groups is 2. The van der Waals surface area contributed by atoms with E-state index >= 15 is 0 Å². The van der Waals surface area contributed by atoms with E-state index in [1.165, 1.54) is 25.0 Å². The summed E-state index contributed by atoms with van der Waals surface area (Å²) in [6.45, 7) is 5.69. The first-order chi connectivity index (χ1) is 13.8. The lowest BCUT2D eigenvalue weighted by molar-refractivity contribution is -0.0204. The third-order valence-corrected chi connectivity index (χ3v) is 6.06. The van der Waals surface area contributed by atoms with Crippen LogP contribution >= 0.6 is 0 Å². The molecule has 0 radical (unpaired) electrons. The van der Waals surface area contributed by atoms with Gasteiger partial charge in [0, 0.05) is 13.1 Å². The highest BCUT2D eigenvalue weighted by molar-refractivity contribution is 5.87. The molecule has 2 fully saturated rings. The van der Waals surface area contributed by atoms with Crippen molar-refractivity contribution in [2.45, 2.75) is 58.5 Å². The minimum atomic E-state index is -1.16. The molecule has 7 heteroatoms. The SMILES string of the molecule is CC(C)OC(=O)N1CCC2(CC1)CC(CCCOc1ccc(C(=O)O)cc1F)C2. The molecular formula is C22H30FNO5. The van der Waals surface area contributed by atoms with Crippen LogP contribution in [0.5, 0.6) is 5.75 Å². The van der Waals surface area contributed by atoms with Crippen LogP contribution in [0.1, 0.15) is 62.7 Å². The van der Waals surface area contributed by atoms with Crippen molar-refractivity contribution >= 4 is 12.1 Å². The molecule has 0 aromatic heterocycles. The molecule has 0 unspecified atom stereocenters. The molecule has 1 aliphatic carbocycles.